The van der Waals surface area contributed by atoms with Crippen molar-refractivity contribution in [3.05, 3.63) is 11.9 Å². The van der Waals surface area contributed by atoms with Crippen LogP contribution in [-0.2, 0) is 6.42 Å². The molecule has 0 aromatic carbocycles. The van der Waals surface area contributed by atoms with Crippen molar-refractivity contribution in [2.75, 3.05) is 31.7 Å². The molecule has 0 fully saturated rings. The minimum Gasteiger partial charge on any atom is -0.384 e. The zero-order valence-corrected chi connectivity index (χ0v) is 12.1. The van der Waals surface area contributed by atoms with E-state index in [9.17, 15) is 0 Å². The number of aryl methyl sites for hydroxylation is 1. The summed E-state index contributed by atoms with van der Waals surface area (Å²) in [7, 11) is 4.14. The summed E-state index contributed by atoms with van der Waals surface area (Å²) < 4.78 is 0. The second-order valence-electron chi connectivity index (χ2n) is 5.20. The zero-order valence-electron chi connectivity index (χ0n) is 12.1. The lowest BCUT2D eigenvalue weighted by Gasteiger charge is -2.26. The van der Waals surface area contributed by atoms with Gasteiger partial charge in [-0.05, 0) is 20.0 Å². The number of hydrogen-bond acceptors (Lipinski definition) is 5. The summed E-state index contributed by atoms with van der Waals surface area (Å²) >= 11 is 0. The summed E-state index contributed by atoms with van der Waals surface area (Å²) in [4.78, 5) is 10.8. The van der Waals surface area contributed by atoms with Gasteiger partial charge < -0.3 is 16.0 Å². The van der Waals surface area contributed by atoms with Crippen molar-refractivity contribution in [2.45, 2.75) is 33.2 Å². The van der Waals surface area contributed by atoms with Gasteiger partial charge in [0.2, 0.25) is 0 Å². The predicted molar refractivity (Wildman–Crippen MR) is 76.6 cm³/mol. The third-order valence-electron chi connectivity index (χ3n) is 2.81. The standard InChI is InChI=1S/C13H25N5/c1-6-12-16-11(14)7-13(17-12)15-10(9(2)3)8-18(4)5/h7,9-10H,6,8H2,1-5H3,(H3,14,15,16,17). The van der Waals surface area contributed by atoms with E-state index in [-0.39, 0.29) is 0 Å². The highest BCUT2D eigenvalue weighted by atomic mass is 15.1. The van der Waals surface area contributed by atoms with Gasteiger partial charge >= 0.3 is 0 Å². The van der Waals surface area contributed by atoms with E-state index in [2.05, 4.69) is 48.1 Å². The second kappa shape index (κ2) is 6.54. The van der Waals surface area contributed by atoms with E-state index in [4.69, 9.17) is 5.73 Å². The SMILES string of the molecule is CCc1nc(N)cc(NC(CN(C)C)C(C)C)n1. The van der Waals surface area contributed by atoms with Gasteiger partial charge in [0, 0.05) is 25.1 Å². The first-order valence-electron chi connectivity index (χ1n) is 6.47. The van der Waals surface area contributed by atoms with Gasteiger partial charge in [-0.1, -0.05) is 20.8 Å². The molecule has 0 aliphatic carbocycles. The van der Waals surface area contributed by atoms with Gasteiger partial charge in [0.05, 0.1) is 0 Å². The molecule has 1 aromatic rings. The maximum atomic E-state index is 5.79. The van der Waals surface area contributed by atoms with Crippen LogP contribution in [0.3, 0.4) is 0 Å². The van der Waals surface area contributed by atoms with Gasteiger partial charge in [-0.25, -0.2) is 9.97 Å². The van der Waals surface area contributed by atoms with Crippen LogP contribution in [0.15, 0.2) is 6.07 Å². The molecule has 1 heterocycles. The normalized spacial score (nSPS) is 13.1. The Morgan fingerprint density at radius 1 is 1.33 bits per heavy atom. The van der Waals surface area contributed by atoms with Crippen LogP contribution in [0.25, 0.3) is 0 Å². The number of nitrogens with zero attached hydrogens (tertiary/aromatic N) is 3. The van der Waals surface area contributed by atoms with Crippen molar-refractivity contribution < 1.29 is 0 Å². The molecule has 0 aliphatic heterocycles. The van der Waals surface area contributed by atoms with E-state index in [0.29, 0.717) is 17.8 Å². The van der Waals surface area contributed by atoms with Crippen LogP contribution in [0.2, 0.25) is 0 Å². The van der Waals surface area contributed by atoms with E-state index in [0.717, 1.165) is 24.6 Å². The average Bonchev–Trinajstić information content (AvgIpc) is 2.26. The fraction of sp³-hybridized carbons (Fsp3) is 0.692. The van der Waals surface area contributed by atoms with Gasteiger partial charge in [-0.2, -0.15) is 0 Å². The molecule has 0 radical (unpaired) electrons. The molecule has 0 saturated carbocycles. The first kappa shape index (κ1) is 14.7. The maximum absolute atomic E-state index is 5.79. The first-order chi connectivity index (χ1) is 8.42. The lowest BCUT2D eigenvalue weighted by Crippen LogP contribution is -2.36. The summed E-state index contributed by atoms with van der Waals surface area (Å²) in [6, 6.07) is 2.14. The van der Waals surface area contributed by atoms with Gasteiger partial charge in [0.1, 0.15) is 17.5 Å². The number of aromatic nitrogens is 2. The van der Waals surface area contributed by atoms with Crippen molar-refractivity contribution in [1.29, 1.82) is 0 Å². The Morgan fingerprint density at radius 2 is 2.00 bits per heavy atom. The highest BCUT2D eigenvalue weighted by molar-refractivity contribution is 5.45. The second-order valence-corrected chi connectivity index (χ2v) is 5.20. The van der Waals surface area contributed by atoms with Crippen LogP contribution in [0, 0.1) is 5.92 Å². The highest BCUT2D eigenvalue weighted by Crippen LogP contribution is 2.14. The number of nitrogens with two attached hydrogens (primary N) is 1. The molecular weight excluding hydrogens is 226 g/mol. The molecule has 1 aromatic heterocycles. The average molecular weight is 251 g/mol. The molecule has 0 bridgehead atoms. The van der Waals surface area contributed by atoms with E-state index in [1.165, 1.54) is 0 Å². The number of hydrogen-bond donors (Lipinski definition) is 2. The molecule has 5 heteroatoms. The Kier molecular flexibility index (Phi) is 5.34. The lowest BCUT2D eigenvalue weighted by molar-refractivity contribution is 0.344. The molecule has 3 N–H and O–H groups in total. The monoisotopic (exact) mass is 251 g/mol. The van der Waals surface area contributed by atoms with E-state index in [1.54, 1.807) is 6.07 Å². The van der Waals surface area contributed by atoms with Crippen LogP contribution in [0.4, 0.5) is 11.6 Å². The van der Waals surface area contributed by atoms with Crippen LogP contribution < -0.4 is 11.1 Å². The molecule has 1 atom stereocenters. The molecule has 18 heavy (non-hydrogen) atoms. The fourth-order valence-electron chi connectivity index (χ4n) is 1.76. The Labute approximate surface area is 110 Å². The van der Waals surface area contributed by atoms with Crippen molar-refractivity contribution in [1.82, 2.24) is 14.9 Å². The molecule has 0 amide bonds. The minimum atomic E-state index is 0.346. The third kappa shape index (κ3) is 4.49. The quantitative estimate of drug-likeness (QED) is 0.804. The molecule has 1 rings (SSSR count). The summed E-state index contributed by atoms with van der Waals surface area (Å²) in [5, 5.41) is 3.45. The lowest BCUT2D eigenvalue weighted by atomic mass is 10.0. The molecule has 102 valence electrons. The smallest absolute Gasteiger partial charge is 0.132 e. The van der Waals surface area contributed by atoms with E-state index >= 15 is 0 Å². The van der Waals surface area contributed by atoms with Crippen molar-refractivity contribution >= 4 is 11.6 Å². The topological polar surface area (TPSA) is 67.1 Å². The Hall–Kier alpha value is -1.36. The number of rotatable bonds is 6. The molecule has 5 nitrogen and oxygen atoms in total. The summed E-state index contributed by atoms with van der Waals surface area (Å²) in [5.41, 5.74) is 5.79. The zero-order chi connectivity index (χ0) is 13.7. The fourth-order valence-corrected chi connectivity index (χ4v) is 1.76. The molecule has 0 aliphatic rings. The number of likely N-dealkylation sites (N-methyl/N-ethyl adjacent to an activating group) is 1. The summed E-state index contributed by atoms with van der Waals surface area (Å²) in [6.45, 7) is 7.39. The van der Waals surface area contributed by atoms with Crippen molar-refractivity contribution in [3.8, 4) is 0 Å². The Morgan fingerprint density at radius 3 is 2.50 bits per heavy atom. The molecule has 0 saturated heterocycles. The van der Waals surface area contributed by atoms with E-state index < -0.39 is 0 Å². The van der Waals surface area contributed by atoms with Crippen LogP contribution >= 0.6 is 0 Å². The molecule has 1 unspecified atom stereocenters. The third-order valence-corrected chi connectivity index (χ3v) is 2.81. The van der Waals surface area contributed by atoms with Crippen molar-refractivity contribution in [2.24, 2.45) is 5.92 Å². The minimum absolute atomic E-state index is 0.346. The predicted octanol–water partition coefficient (Wildman–Crippen LogP) is 1.62. The maximum Gasteiger partial charge on any atom is 0.132 e. The number of anilines is 2. The van der Waals surface area contributed by atoms with E-state index in [1.807, 2.05) is 6.92 Å². The summed E-state index contributed by atoms with van der Waals surface area (Å²) in [6.07, 6.45) is 0.791. The molecular formula is C13H25N5. The number of nitrogen functional groups attached to an aromatic ring is 1. The van der Waals surface area contributed by atoms with Gasteiger partial charge in [0.25, 0.3) is 0 Å². The number of nitrogens with one attached hydrogen (secondary N) is 1. The van der Waals surface area contributed by atoms with Crippen LogP contribution in [0.5, 0.6) is 0 Å². The Bertz CT molecular complexity index is 376. The first-order valence-corrected chi connectivity index (χ1v) is 6.47. The largest absolute Gasteiger partial charge is 0.384 e. The molecule has 0 spiro atoms. The summed E-state index contributed by atoms with van der Waals surface area (Å²) in [5.74, 6) is 2.65. The van der Waals surface area contributed by atoms with Gasteiger partial charge in [0.15, 0.2) is 0 Å². The van der Waals surface area contributed by atoms with Crippen LogP contribution in [0.1, 0.15) is 26.6 Å². The van der Waals surface area contributed by atoms with Gasteiger partial charge in [-0.3, -0.25) is 0 Å². The van der Waals surface area contributed by atoms with Crippen LogP contribution in [-0.4, -0.2) is 41.5 Å². The Balaban J connectivity index is 2.82. The van der Waals surface area contributed by atoms with Crippen molar-refractivity contribution in [3.63, 3.8) is 0 Å². The van der Waals surface area contributed by atoms with Gasteiger partial charge in [-0.15, -0.1) is 0 Å². The highest BCUT2D eigenvalue weighted by Gasteiger charge is 2.15.